The largest absolute Gasteiger partial charge is 0.243 e. The first-order valence-electron chi connectivity index (χ1n) is 6.90. The van der Waals surface area contributed by atoms with Gasteiger partial charge in [0.25, 0.3) is 0 Å². The van der Waals surface area contributed by atoms with Crippen molar-refractivity contribution in [1.82, 2.24) is 34.6 Å². The molecule has 0 radical (unpaired) electrons. The minimum atomic E-state index is 0.0266. The quantitative estimate of drug-likeness (QED) is 0.576. The summed E-state index contributed by atoms with van der Waals surface area (Å²) >= 11 is 1.52. The molecule has 8 heteroatoms. The molecule has 0 aliphatic rings. The Morgan fingerprint density at radius 1 is 1.18 bits per heavy atom. The molecule has 0 amide bonds. The van der Waals surface area contributed by atoms with Crippen LogP contribution >= 0.6 is 11.3 Å². The van der Waals surface area contributed by atoms with E-state index in [-0.39, 0.29) is 6.04 Å². The van der Waals surface area contributed by atoms with Crippen LogP contribution in [0, 0.1) is 0 Å². The summed E-state index contributed by atoms with van der Waals surface area (Å²) in [6.45, 7) is 2.04. The number of hydrogen-bond donors (Lipinski definition) is 0. The molecule has 0 fully saturated rings. The van der Waals surface area contributed by atoms with E-state index in [0.29, 0.717) is 6.42 Å². The van der Waals surface area contributed by atoms with E-state index in [2.05, 4.69) is 37.5 Å². The van der Waals surface area contributed by atoms with Gasteiger partial charge in [-0.3, -0.25) is 0 Å². The fraction of sp³-hybridized carbons (Fsp3) is 0.214. The molecule has 0 bridgehead atoms. The average molecular weight is 311 g/mol. The number of rotatable bonds is 4. The van der Waals surface area contributed by atoms with Crippen molar-refractivity contribution in [2.24, 2.45) is 0 Å². The Labute approximate surface area is 130 Å². The first kappa shape index (κ1) is 13.1. The highest BCUT2D eigenvalue weighted by atomic mass is 32.1. The molecule has 0 aliphatic heterocycles. The van der Waals surface area contributed by atoms with E-state index in [1.54, 1.807) is 11.0 Å². The van der Waals surface area contributed by atoms with Crippen molar-refractivity contribution < 1.29 is 0 Å². The van der Waals surface area contributed by atoms with Crippen LogP contribution in [0.15, 0.2) is 43.0 Å². The Bertz CT molecular complexity index is 879. The predicted molar refractivity (Wildman–Crippen MR) is 81.7 cm³/mol. The second-order valence-corrected chi connectivity index (χ2v) is 5.95. The average Bonchev–Trinajstić information content (AvgIpc) is 3.26. The summed E-state index contributed by atoms with van der Waals surface area (Å²) in [6.07, 6.45) is 3.93. The highest BCUT2D eigenvalue weighted by molar-refractivity contribution is 7.16. The summed E-state index contributed by atoms with van der Waals surface area (Å²) in [6, 6.07) is 10.2. The van der Waals surface area contributed by atoms with Gasteiger partial charge in [-0.2, -0.15) is 14.7 Å². The van der Waals surface area contributed by atoms with Crippen LogP contribution in [0.2, 0.25) is 0 Å². The molecule has 3 aromatic heterocycles. The molecule has 4 aromatic rings. The number of aromatic nitrogens is 7. The normalized spacial score (nSPS) is 12.8. The summed E-state index contributed by atoms with van der Waals surface area (Å²) < 4.78 is 3.60. The van der Waals surface area contributed by atoms with Crippen LogP contribution in [0.3, 0.4) is 0 Å². The molecule has 7 nitrogen and oxygen atoms in total. The zero-order chi connectivity index (χ0) is 14.9. The molecule has 3 heterocycles. The standard InChI is InChI=1S/C14H13N7S/c1-10(20-9-15-8-16-20)13-19-21-12(17-18-14(21)22-13)7-11-5-3-2-4-6-11/h2-6,8-10H,7H2,1H3/t10-/m0/s1. The van der Waals surface area contributed by atoms with Crippen molar-refractivity contribution >= 4 is 16.3 Å². The lowest BCUT2D eigenvalue weighted by Gasteiger charge is -2.06. The molecule has 0 unspecified atom stereocenters. The van der Waals surface area contributed by atoms with Crippen molar-refractivity contribution in [2.75, 3.05) is 0 Å². The molecule has 4 rings (SSSR count). The van der Waals surface area contributed by atoms with Crippen LogP contribution in [-0.4, -0.2) is 34.6 Å². The van der Waals surface area contributed by atoms with Gasteiger partial charge in [-0.1, -0.05) is 41.7 Å². The minimum absolute atomic E-state index is 0.0266. The Hall–Kier alpha value is -2.61. The van der Waals surface area contributed by atoms with Crippen LogP contribution < -0.4 is 0 Å². The molecule has 1 aromatic carbocycles. The van der Waals surface area contributed by atoms with E-state index in [9.17, 15) is 0 Å². The van der Waals surface area contributed by atoms with Crippen LogP contribution in [0.25, 0.3) is 4.96 Å². The lowest BCUT2D eigenvalue weighted by molar-refractivity contribution is 0.552. The molecule has 0 N–H and O–H groups in total. The number of hydrogen-bond acceptors (Lipinski definition) is 6. The van der Waals surface area contributed by atoms with Gasteiger partial charge in [0.2, 0.25) is 4.96 Å². The molecule has 0 saturated heterocycles. The topological polar surface area (TPSA) is 73.8 Å². The van der Waals surface area contributed by atoms with Gasteiger partial charge in [0.1, 0.15) is 23.7 Å². The first-order chi connectivity index (χ1) is 10.8. The van der Waals surface area contributed by atoms with Crippen LogP contribution in [0.5, 0.6) is 0 Å². The Kier molecular flexibility index (Phi) is 3.15. The highest BCUT2D eigenvalue weighted by Gasteiger charge is 2.17. The van der Waals surface area contributed by atoms with E-state index in [0.717, 1.165) is 15.8 Å². The van der Waals surface area contributed by atoms with Gasteiger partial charge in [-0.05, 0) is 12.5 Å². The zero-order valence-corrected chi connectivity index (χ0v) is 12.7. The van der Waals surface area contributed by atoms with E-state index in [1.165, 1.54) is 23.2 Å². The maximum absolute atomic E-state index is 4.65. The lowest BCUT2D eigenvalue weighted by atomic mass is 10.1. The monoisotopic (exact) mass is 311 g/mol. The smallest absolute Gasteiger partial charge is 0.234 e. The first-order valence-corrected chi connectivity index (χ1v) is 7.72. The van der Waals surface area contributed by atoms with Crippen LogP contribution in [-0.2, 0) is 6.42 Å². The van der Waals surface area contributed by atoms with Gasteiger partial charge in [0.05, 0.1) is 0 Å². The van der Waals surface area contributed by atoms with Crippen molar-refractivity contribution in [3.8, 4) is 0 Å². The van der Waals surface area contributed by atoms with Gasteiger partial charge in [0, 0.05) is 6.42 Å². The number of fused-ring (bicyclic) bond motifs is 1. The molecule has 0 spiro atoms. The summed E-state index contributed by atoms with van der Waals surface area (Å²) in [4.78, 5) is 4.78. The van der Waals surface area contributed by atoms with Crippen molar-refractivity contribution in [2.45, 2.75) is 19.4 Å². The fourth-order valence-corrected chi connectivity index (χ4v) is 3.16. The molecular formula is C14H13N7S. The summed E-state index contributed by atoms with van der Waals surface area (Å²) in [5, 5.41) is 18.2. The Balaban J connectivity index is 1.67. The Morgan fingerprint density at radius 2 is 2.05 bits per heavy atom. The second kappa shape index (κ2) is 5.30. The molecular weight excluding hydrogens is 298 g/mol. The van der Waals surface area contributed by atoms with Crippen LogP contribution in [0.1, 0.15) is 29.4 Å². The SMILES string of the molecule is C[C@@H](c1nn2c(Cc3ccccc3)nnc2s1)n1cncn1. The number of nitrogens with zero attached hydrogens (tertiary/aromatic N) is 7. The molecule has 1 atom stereocenters. The molecule has 110 valence electrons. The summed E-state index contributed by atoms with van der Waals surface area (Å²) in [5.74, 6) is 0.842. The highest BCUT2D eigenvalue weighted by Crippen LogP contribution is 2.23. The van der Waals surface area contributed by atoms with E-state index in [1.807, 2.05) is 29.6 Å². The van der Waals surface area contributed by atoms with Gasteiger partial charge >= 0.3 is 0 Å². The van der Waals surface area contributed by atoms with Crippen molar-refractivity contribution in [3.63, 3.8) is 0 Å². The number of benzene rings is 1. The summed E-state index contributed by atoms with van der Waals surface area (Å²) in [7, 11) is 0. The maximum atomic E-state index is 4.65. The van der Waals surface area contributed by atoms with E-state index in [4.69, 9.17) is 0 Å². The molecule has 0 aliphatic carbocycles. The minimum Gasteiger partial charge on any atom is -0.243 e. The Morgan fingerprint density at radius 3 is 2.82 bits per heavy atom. The van der Waals surface area contributed by atoms with Crippen molar-refractivity contribution in [3.05, 3.63) is 59.4 Å². The van der Waals surface area contributed by atoms with Gasteiger partial charge in [0.15, 0.2) is 5.82 Å². The molecule has 22 heavy (non-hydrogen) atoms. The third-order valence-electron chi connectivity index (χ3n) is 3.47. The third-order valence-corrected chi connectivity index (χ3v) is 4.54. The van der Waals surface area contributed by atoms with Crippen molar-refractivity contribution in [1.29, 1.82) is 0 Å². The van der Waals surface area contributed by atoms with Gasteiger partial charge < -0.3 is 0 Å². The van der Waals surface area contributed by atoms with E-state index >= 15 is 0 Å². The molecule has 0 saturated carbocycles. The lowest BCUT2D eigenvalue weighted by Crippen LogP contribution is -2.08. The fourth-order valence-electron chi connectivity index (χ4n) is 2.26. The maximum Gasteiger partial charge on any atom is 0.234 e. The van der Waals surface area contributed by atoms with Gasteiger partial charge in [-0.15, -0.1) is 10.2 Å². The second-order valence-electron chi connectivity index (χ2n) is 4.96. The van der Waals surface area contributed by atoms with E-state index < -0.39 is 0 Å². The van der Waals surface area contributed by atoms with Gasteiger partial charge in [-0.25, -0.2) is 9.67 Å². The zero-order valence-electron chi connectivity index (χ0n) is 11.9. The third kappa shape index (κ3) is 2.27. The predicted octanol–water partition coefficient (Wildman–Crippen LogP) is 1.98. The summed E-state index contributed by atoms with van der Waals surface area (Å²) in [5.41, 5.74) is 1.19. The van der Waals surface area contributed by atoms with Crippen LogP contribution in [0.4, 0.5) is 0 Å².